The lowest BCUT2D eigenvalue weighted by molar-refractivity contribution is 0.489. The van der Waals surface area contributed by atoms with E-state index in [0.717, 1.165) is 28.9 Å². The Balaban J connectivity index is 1.82. The van der Waals surface area contributed by atoms with Gasteiger partial charge in [0.05, 0.1) is 24.1 Å². The van der Waals surface area contributed by atoms with E-state index in [1.807, 2.05) is 12.1 Å². The summed E-state index contributed by atoms with van der Waals surface area (Å²) in [6, 6.07) is 6.13. The van der Waals surface area contributed by atoms with E-state index in [2.05, 4.69) is 60.8 Å². The van der Waals surface area contributed by atoms with Crippen LogP contribution >= 0.6 is 11.8 Å². The molecule has 3 rings (SSSR count). The summed E-state index contributed by atoms with van der Waals surface area (Å²) in [4.78, 5) is 4.64. The predicted molar refractivity (Wildman–Crippen MR) is 101 cm³/mol. The van der Waals surface area contributed by atoms with Crippen molar-refractivity contribution in [3.8, 4) is 0 Å². The maximum Gasteiger partial charge on any atom is 0.178 e. The highest BCUT2D eigenvalue weighted by Crippen LogP contribution is 2.22. The van der Waals surface area contributed by atoms with Gasteiger partial charge in [-0.2, -0.15) is 5.10 Å². The third-order valence-electron chi connectivity index (χ3n) is 3.85. The number of aliphatic imine (C=N–C) groups is 1. The molecule has 6 heteroatoms. The van der Waals surface area contributed by atoms with Crippen molar-refractivity contribution in [1.82, 2.24) is 9.99 Å². The van der Waals surface area contributed by atoms with Crippen molar-refractivity contribution >= 4 is 22.6 Å². The Hall–Kier alpha value is -1.95. The third-order valence-corrected chi connectivity index (χ3v) is 4.72. The normalized spacial score (nSPS) is 17.0. The van der Waals surface area contributed by atoms with Gasteiger partial charge in [0, 0.05) is 22.7 Å². The van der Waals surface area contributed by atoms with Gasteiger partial charge in [-0.1, -0.05) is 11.8 Å². The van der Waals surface area contributed by atoms with Gasteiger partial charge in [0.1, 0.15) is 5.76 Å². The molecule has 0 atom stereocenters. The minimum absolute atomic E-state index is 0.0960. The quantitative estimate of drug-likeness (QED) is 0.917. The lowest BCUT2D eigenvalue weighted by Crippen LogP contribution is -2.28. The molecule has 0 aliphatic carbocycles. The number of hydrogen-bond donors (Lipinski definition) is 1. The van der Waals surface area contributed by atoms with Crippen LogP contribution in [0, 0.1) is 13.8 Å². The molecule has 3 heterocycles. The fourth-order valence-corrected chi connectivity index (χ4v) is 3.65. The Morgan fingerprint density at radius 3 is 2.75 bits per heavy atom. The number of hydrogen-bond acceptors (Lipinski definition) is 4. The number of thioether (sulfide) groups is 1. The summed E-state index contributed by atoms with van der Waals surface area (Å²) in [6.07, 6.45) is 1.71. The highest BCUT2D eigenvalue weighted by Gasteiger charge is 2.20. The first-order chi connectivity index (χ1) is 11.3. The molecule has 0 bridgehead atoms. The molecule has 1 aliphatic rings. The maximum absolute atomic E-state index is 5.48. The van der Waals surface area contributed by atoms with Gasteiger partial charge >= 0.3 is 0 Å². The number of nitrogens with zero attached hydrogens (tertiary/aromatic N) is 3. The van der Waals surface area contributed by atoms with Crippen LogP contribution in [0.2, 0.25) is 0 Å². The monoisotopic (exact) mass is 344 g/mol. The first-order valence-corrected chi connectivity index (χ1v) is 9.07. The predicted octanol–water partition coefficient (Wildman–Crippen LogP) is 3.94. The van der Waals surface area contributed by atoms with Gasteiger partial charge in [0.25, 0.3) is 0 Å². The second-order valence-corrected chi connectivity index (χ2v) is 7.96. The molecule has 0 saturated heterocycles. The van der Waals surface area contributed by atoms with Crippen molar-refractivity contribution in [2.45, 2.75) is 46.7 Å². The van der Waals surface area contributed by atoms with E-state index in [4.69, 9.17) is 4.42 Å². The Morgan fingerprint density at radius 1 is 1.38 bits per heavy atom. The lowest BCUT2D eigenvalue weighted by Gasteiger charge is -2.19. The molecule has 0 spiro atoms. The molecule has 24 heavy (non-hydrogen) atoms. The van der Waals surface area contributed by atoms with Crippen LogP contribution in [0.5, 0.6) is 0 Å². The van der Waals surface area contributed by atoms with Gasteiger partial charge in [0.15, 0.2) is 5.17 Å². The summed E-state index contributed by atoms with van der Waals surface area (Å²) in [7, 11) is 0. The van der Waals surface area contributed by atoms with Crippen molar-refractivity contribution in [3.05, 3.63) is 47.2 Å². The second kappa shape index (κ2) is 6.51. The SMILES string of the molecule is Cc1cc(C2=NNC(=NC(C)(C)C)SC2)c(C)n1Cc1ccco1. The van der Waals surface area contributed by atoms with E-state index in [1.54, 1.807) is 18.0 Å². The zero-order valence-electron chi connectivity index (χ0n) is 14.9. The Kier molecular flexibility index (Phi) is 4.58. The van der Waals surface area contributed by atoms with E-state index in [1.165, 1.54) is 17.0 Å². The maximum atomic E-state index is 5.48. The van der Waals surface area contributed by atoms with Gasteiger partial charge in [0.2, 0.25) is 0 Å². The summed E-state index contributed by atoms with van der Waals surface area (Å²) in [6.45, 7) is 11.3. The van der Waals surface area contributed by atoms with E-state index in [-0.39, 0.29) is 5.54 Å². The molecule has 0 saturated carbocycles. The van der Waals surface area contributed by atoms with Crippen LogP contribution in [0.15, 0.2) is 39.0 Å². The average Bonchev–Trinajstić information content (AvgIpc) is 3.10. The molecule has 1 aliphatic heterocycles. The molecule has 1 N–H and O–H groups in total. The van der Waals surface area contributed by atoms with Crippen LogP contribution in [0.1, 0.15) is 43.5 Å². The third kappa shape index (κ3) is 3.75. The molecule has 0 aromatic carbocycles. The molecule has 2 aromatic rings. The highest BCUT2D eigenvalue weighted by atomic mass is 32.2. The van der Waals surface area contributed by atoms with Crippen LogP contribution in [-0.2, 0) is 6.54 Å². The van der Waals surface area contributed by atoms with Gasteiger partial charge in [-0.25, -0.2) is 0 Å². The number of amidine groups is 1. The topological polar surface area (TPSA) is 54.8 Å². The largest absolute Gasteiger partial charge is 0.467 e. The molecule has 2 aromatic heterocycles. The summed E-state index contributed by atoms with van der Waals surface area (Å²) in [5.41, 5.74) is 7.67. The van der Waals surface area contributed by atoms with Crippen molar-refractivity contribution in [2.75, 3.05) is 5.75 Å². The summed E-state index contributed by atoms with van der Waals surface area (Å²) < 4.78 is 7.74. The standard InChI is InChI=1S/C18H24N4OS/c1-12-9-15(13(2)22(12)10-14-7-6-8-23-14)16-11-24-17(21-20-16)19-18(3,4)5/h6-9H,10-11H2,1-5H3,(H,19,21). The number of nitrogens with one attached hydrogen (secondary N) is 1. The number of rotatable bonds is 3. The lowest BCUT2D eigenvalue weighted by atomic mass is 10.1. The molecule has 5 nitrogen and oxygen atoms in total. The van der Waals surface area contributed by atoms with Crippen molar-refractivity contribution in [1.29, 1.82) is 0 Å². The van der Waals surface area contributed by atoms with E-state index < -0.39 is 0 Å². The molecule has 0 unspecified atom stereocenters. The summed E-state index contributed by atoms with van der Waals surface area (Å²) in [5.74, 6) is 1.79. The van der Waals surface area contributed by atoms with Gasteiger partial charge in [-0.3, -0.25) is 10.4 Å². The number of aromatic nitrogens is 1. The zero-order chi connectivity index (χ0) is 17.3. The number of aryl methyl sites for hydroxylation is 1. The van der Waals surface area contributed by atoms with Gasteiger partial charge in [-0.05, 0) is 52.8 Å². The fraction of sp³-hybridized carbons (Fsp3) is 0.444. The number of hydrazone groups is 1. The highest BCUT2D eigenvalue weighted by molar-refractivity contribution is 8.14. The van der Waals surface area contributed by atoms with Crippen LogP contribution in [0.25, 0.3) is 0 Å². The summed E-state index contributed by atoms with van der Waals surface area (Å²) in [5, 5.41) is 5.44. The van der Waals surface area contributed by atoms with Gasteiger partial charge < -0.3 is 8.98 Å². The van der Waals surface area contributed by atoms with E-state index in [9.17, 15) is 0 Å². The molecular formula is C18H24N4OS. The molecule has 128 valence electrons. The van der Waals surface area contributed by atoms with Gasteiger partial charge in [-0.15, -0.1) is 0 Å². The first kappa shape index (κ1) is 16.9. The van der Waals surface area contributed by atoms with E-state index in [0.29, 0.717) is 0 Å². The van der Waals surface area contributed by atoms with E-state index >= 15 is 0 Å². The van der Waals surface area contributed by atoms with Crippen LogP contribution in [-0.4, -0.2) is 26.7 Å². The van der Waals surface area contributed by atoms with Crippen LogP contribution in [0.3, 0.4) is 0 Å². The molecule has 0 fully saturated rings. The summed E-state index contributed by atoms with van der Waals surface area (Å²) >= 11 is 1.70. The smallest absolute Gasteiger partial charge is 0.178 e. The first-order valence-electron chi connectivity index (χ1n) is 8.08. The van der Waals surface area contributed by atoms with Crippen molar-refractivity contribution in [2.24, 2.45) is 10.1 Å². The molecule has 0 radical (unpaired) electrons. The average molecular weight is 344 g/mol. The molecular weight excluding hydrogens is 320 g/mol. The van der Waals surface area contributed by atoms with Crippen LogP contribution < -0.4 is 5.43 Å². The molecule has 0 amide bonds. The fourth-order valence-electron chi connectivity index (χ4n) is 2.71. The Morgan fingerprint density at radius 2 is 2.17 bits per heavy atom. The minimum atomic E-state index is -0.0960. The van der Waals surface area contributed by atoms with Crippen molar-refractivity contribution < 1.29 is 4.42 Å². The second-order valence-electron chi connectivity index (χ2n) is 7.00. The van der Waals surface area contributed by atoms with Crippen molar-refractivity contribution in [3.63, 3.8) is 0 Å². The minimum Gasteiger partial charge on any atom is -0.467 e. The zero-order valence-corrected chi connectivity index (χ0v) is 15.7. The Bertz CT molecular complexity index is 779. The number of furan rings is 1. The Labute approximate surface area is 147 Å². The van der Waals surface area contributed by atoms with Crippen LogP contribution in [0.4, 0.5) is 0 Å².